The number of aromatic hydroxyl groups is 1. The van der Waals surface area contributed by atoms with E-state index in [9.17, 15) is 9.90 Å². The number of aryl methyl sites for hydroxylation is 2. The molecule has 2 rings (SSSR count). The van der Waals surface area contributed by atoms with Gasteiger partial charge in [-0.25, -0.2) is 4.98 Å². The largest absolute Gasteiger partial charge is 0.506 e. The summed E-state index contributed by atoms with van der Waals surface area (Å²) in [4.78, 5) is 16.0. The van der Waals surface area contributed by atoms with Gasteiger partial charge in [-0.3, -0.25) is 4.79 Å². The van der Waals surface area contributed by atoms with Crippen molar-refractivity contribution in [2.75, 3.05) is 5.73 Å². The van der Waals surface area contributed by atoms with Crippen LogP contribution in [0.4, 0.5) is 5.69 Å². The molecule has 0 bridgehead atoms. The lowest BCUT2D eigenvalue weighted by Crippen LogP contribution is -2.22. The van der Waals surface area contributed by atoms with Gasteiger partial charge in [0, 0.05) is 5.56 Å². The number of rotatable bonds is 3. The highest BCUT2D eigenvalue weighted by Gasteiger charge is 2.10. The highest BCUT2D eigenvalue weighted by molar-refractivity contribution is 5.95. The van der Waals surface area contributed by atoms with Crippen molar-refractivity contribution in [1.29, 1.82) is 0 Å². The number of oxazole rings is 1. The van der Waals surface area contributed by atoms with Gasteiger partial charge in [0.25, 0.3) is 5.91 Å². The van der Waals surface area contributed by atoms with Gasteiger partial charge in [-0.1, -0.05) is 0 Å². The summed E-state index contributed by atoms with van der Waals surface area (Å²) in [7, 11) is 0. The van der Waals surface area contributed by atoms with E-state index < -0.39 is 0 Å². The highest BCUT2D eigenvalue weighted by Crippen LogP contribution is 2.20. The van der Waals surface area contributed by atoms with E-state index in [0.717, 1.165) is 11.5 Å². The van der Waals surface area contributed by atoms with E-state index in [-0.39, 0.29) is 23.9 Å². The van der Waals surface area contributed by atoms with Gasteiger partial charge in [-0.2, -0.15) is 0 Å². The van der Waals surface area contributed by atoms with Crippen LogP contribution >= 0.6 is 0 Å². The van der Waals surface area contributed by atoms with Crippen LogP contribution in [0.3, 0.4) is 0 Å². The molecule has 0 unspecified atom stereocenters. The second kappa shape index (κ2) is 5.01. The lowest BCUT2D eigenvalue weighted by molar-refractivity contribution is 0.0946. The van der Waals surface area contributed by atoms with Crippen LogP contribution in [0.1, 0.15) is 27.7 Å². The van der Waals surface area contributed by atoms with E-state index in [0.29, 0.717) is 11.5 Å². The molecule has 0 spiro atoms. The maximum absolute atomic E-state index is 11.8. The minimum atomic E-state index is -0.330. The van der Waals surface area contributed by atoms with Crippen molar-refractivity contribution in [2.24, 2.45) is 0 Å². The molecule has 0 saturated carbocycles. The van der Waals surface area contributed by atoms with Gasteiger partial charge in [0.05, 0.1) is 17.9 Å². The summed E-state index contributed by atoms with van der Waals surface area (Å²) < 4.78 is 5.35. The molecule has 0 saturated heterocycles. The summed E-state index contributed by atoms with van der Waals surface area (Å²) in [5, 5.41) is 12.1. The molecule has 0 aliphatic carbocycles. The SMILES string of the molecule is Cc1nc(CNC(=O)c2ccc(N)c(O)c2)oc1C. The van der Waals surface area contributed by atoms with E-state index in [4.69, 9.17) is 10.2 Å². The zero-order valence-corrected chi connectivity index (χ0v) is 10.7. The third-order valence-corrected chi connectivity index (χ3v) is 2.77. The van der Waals surface area contributed by atoms with Crippen LogP contribution in [-0.4, -0.2) is 16.0 Å². The molecule has 6 nitrogen and oxygen atoms in total. The average Bonchev–Trinajstić information content (AvgIpc) is 2.69. The first kappa shape index (κ1) is 12.9. The molecule has 0 aliphatic rings. The summed E-state index contributed by atoms with van der Waals surface area (Å²) >= 11 is 0. The topological polar surface area (TPSA) is 101 Å². The lowest BCUT2D eigenvalue weighted by atomic mass is 10.2. The molecule has 0 aliphatic heterocycles. The fourth-order valence-corrected chi connectivity index (χ4v) is 1.56. The molecule has 0 radical (unpaired) electrons. The molecule has 1 heterocycles. The third-order valence-electron chi connectivity index (χ3n) is 2.77. The average molecular weight is 261 g/mol. The third kappa shape index (κ3) is 2.85. The van der Waals surface area contributed by atoms with Crippen molar-refractivity contribution < 1.29 is 14.3 Å². The molecule has 19 heavy (non-hydrogen) atoms. The van der Waals surface area contributed by atoms with E-state index >= 15 is 0 Å². The van der Waals surface area contributed by atoms with Crippen LogP contribution in [-0.2, 0) is 6.54 Å². The Morgan fingerprint density at radius 1 is 1.47 bits per heavy atom. The van der Waals surface area contributed by atoms with Crippen LogP contribution in [0, 0.1) is 13.8 Å². The van der Waals surface area contributed by atoms with Crippen molar-refractivity contribution in [2.45, 2.75) is 20.4 Å². The molecule has 4 N–H and O–H groups in total. The van der Waals surface area contributed by atoms with Gasteiger partial charge in [0.2, 0.25) is 5.89 Å². The summed E-state index contributed by atoms with van der Waals surface area (Å²) in [5.41, 5.74) is 6.82. The fraction of sp³-hybridized carbons (Fsp3) is 0.231. The Kier molecular flexibility index (Phi) is 3.41. The van der Waals surface area contributed by atoms with Gasteiger partial charge in [-0.15, -0.1) is 0 Å². The molecule has 0 atom stereocenters. The molecular weight excluding hydrogens is 246 g/mol. The zero-order valence-electron chi connectivity index (χ0n) is 10.7. The van der Waals surface area contributed by atoms with Crippen LogP contribution in [0.25, 0.3) is 0 Å². The van der Waals surface area contributed by atoms with E-state index in [2.05, 4.69) is 10.3 Å². The molecule has 1 amide bonds. The molecule has 100 valence electrons. The number of carbonyl (C=O) groups is 1. The smallest absolute Gasteiger partial charge is 0.251 e. The Labute approximate surface area is 110 Å². The number of anilines is 1. The van der Waals surface area contributed by atoms with E-state index in [1.165, 1.54) is 18.2 Å². The molecule has 1 aromatic heterocycles. The number of phenols is 1. The number of nitrogens with one attached hydrogen (secondary N) is 1. The van der Waals surface area contributed by atoms with Crippen molar-refractivity contribution in [1.82, 2.24) is 10.3 Å². The minimum Gasteiger partial charge on any atom is -0.506 e. The van der Waals surface area contributed by atoms with Crippen molar-refractivity contribution in [3.05, 3.63) is 41.1 Å². The molecule has 6 heteroatoms. The van der Waals surface area contributed by atoms with E-state index in [1.54, 1.807) is 0 Å². The summed E-state index contributed by atoms with van der Waals surface area (Å²) in [6.45, 7) is 3.84. The maximum atomic E-state index is 11.8. The van der Waals surface area contributed by atoms with Crippen LogP contribution in [0.2, 0.25) is 0 Å². The summed E-state index contributed by atoms with van der Waals surface area (Å²) in [6, 6.07) is 4.33. The number of phenolic OH excluding ortho intramolecular Hbond substituents is 1. The van der Waals surface area contributed by atoms with Gasteiger partial charge in [0.15, 0.2) is 0 Å². The number of aromatic nitrogens is 1. The number of carbonyl (C=O) groups excluding carboxylic acids is 1. The maximum Gasteiger partial charge on any atom is 0.251 e. The predicted octanol–water partition coefficient (Wildman–Crippen LogP) is 1.51. The molecule has 1 aromatic carbocycles. The number of hydrogen-bond donors (Lipinski definition) is 3. The van der Waals surface area contributed by atoms with Gasteiger partial charge in [-0.05, 0) is 32.0 Å². The van der Waals surface area contributed by atoms with Crippen molar-refractivity contribution in [3.63, 3.8) is 0 Å². The first-order valence-electron chi connectivity index (χ1n) is 5.77. The standard InChI is InChI=1S/C13H15N3O3/c1-7-8(2)19-12(16-7)6-15-13(18)9-3-4-10(14)11(17)5-9/h3-5,17H,6,14H2,1-2H3,(H,15,18). The number of benzene rings is 1. The fourth-order valence-electron chi connectivity index (χ4n) is 1.56. The summed E-state index contributed by atoms with van der Waals surface area (Å²) in [5.74, 6) is 0.733. The highest BCUT2D eigenvalue weighted by atomic mass is 16.4. The number of nitrogens with two attached hydrogens (primary N) is 1. The number of nitrogen functional groups attached to an aromatic ring is 1. The first-order chi connectivity index (χ1) is 8.97. The Bertz CT molecular complexity index is 600. The van der Waals surface area contributed by atoms with Crippen LogP contribution in [0.15, 0.2) is 22.6 Å². The van der Waals surface area contributed by atoms with Gasteiger partial charge < -0.3 is 20.6 Å². The minimum absolute atomic E-state index is 0.115. The Hall–Kier alpha value is -2.50. The lowest BCUT2D eigenvalue weighted by Gasteiger charge is -2.04. The molecular formula is C13H15N3O3. The normalized spacial score (nSPS) is 10.4. The Morgan fingerprint density at radius 3 is 2.79 bits per heavy atom. The molecule has 0 fully saturated rings. The number of amides is 1. The zero-order chi connectivity index (χ0) is 14.0. The van der Waals surface area contributed by atoms with Crippen LogP contribution in [0.5, 0.6) is 5.75 Å². The van der Waals surface area contributed by atoms with Gasteiger partial charge >= 0.3 is 0 Å². The first-order valence-corrected chi connectivity index (χ1v) is 5.77. The number of nitrogens with zero attached hydrogens (tertiary/aromatic N) is 1. The second-order valence-corrected chi connectivity index (χ2v) is 4.21. The Balaban J connectivity index is 2.03. The number of hydrogen-bond acceptors (Lipinski definition) is 5. The van der Waals surface area contributed by atoms with Gasteiger partial charge in [0.1, 0.15) is 11.5 Å². The van der Waals surface area contributed by atoms with Crippen molar-refractivity contribution in [3.8, 4) is 5.75 Å². The quantitative estimate of drug-likeness (QED) is 0.574. The predicted molar refractivity (Wildman–Crippen MR) is 69.7 cm³/mol. The summed E-state index contributed by atoms with van der Waals surface area (Å²) in [6.07, 6.45) is 0. The second-order valence-electron chi connectivity index (χ2n) is 4.21. The van der Waals surface area contributed by atoms with E-state index in [1.807, 2.05) is 13.8 Å². The molecule has 2 aromatic rings. The van der Waals surface area contributed by atoms with Crippen LogP contribution < -0.4 is 11.1 Å². The monoisotopic (exact) mass is 261 g/mol. The Morgan fingerprint density at radius 2 is 2.21 bits per heavy atom. The van der Waals surface area contributed by atoms with Crippen molar-refractivity contribution >= 4 is 11.6 Å².